The highest BCUT2D eigenvalue weighted by Crippen LogP contribution is 2.38. The summed E-state index contributed by atoms with van der Waals surface area (Å²) in [6.45, 7) is -0.743. The van der Waals surface area contributed by atoms with E-state index >= 15 is 0 Å². The molecule has 1 aliphatic rings. The summed E-state index contributed by atoms with van der Waals surface area (Å²) in [6.07, 6.45) is -6.18. The highest BCUT2D eigenvalue weighted by atomic mass is 32.2. The van der Waals surface area contributed by atoms with E-state index in [1.807, 2.05) is 4.90 Å². The summed E-state index contributed by atoms with van der Waals surface area (Å²) in [5.41, 5.74) is 1.35. The van der Waals surface area contributed by atoms with Crippen LogP contribution in [0.15, 0.2) is 18.3 Å². The van der Waals surface area contributed by atoms with Crippen LogP contribution in [0.5, 0.6) is 11.5 Å². The van der Waals surface area contributed by atoms with Gasteiger partial charge in [0.25, 0.3) is 10.2 Å². The number of alkyl halides is 3. The molecule has 14 heteroatoms. The lowest BCUT2D eigenvalue weighted by Gasteiger charge is -2.39. The van der Waals surface area contributed by atoms with Gasteiger partial charge >= 0.3 is 6.18 Å². The number of anilines is 1. The third-order valence-electron chi connectivity index (χ3n) is 5.71. The number of pyridine rings is 1. The second-order valence-corrected chi connectivity index (χ2v) is 9.25. The first kappa shape index (κ1) is 25.8. The fraction of sp³-hybridized carbons (Fsp3) is 0.500. The SMILES string of the molecule is COc1cc2ncc(C#N)c(N3CCC(N(CC(O)C(F)(F)F)S(N)(=O)=O)CC3)c2cc1OC. The minimum atomic E-state index is -4.98. The number of ether oxygens (including phenoxy) is 2. The normalized spacial score (nSPS) is 16.5. The quantitative estimate of drug-likeness (QED) is 0.579. The van der Waals surface area contributed by atoms with Crippen LogP contribution in [-0.2, 0) is 10.2 Å². The molecule has 1 fully saturated rings. The van der Waals surface area contributed by atoms with Crippen LogP contribution in [0.2, 0.25) is 0 Å². The number of aliphatic hydroxyl groups is 1. The number of nitrogens with two attached hydrogens (primary N) is 1. The van der Waals surface area contributed by atoms with Gasteiger partial charge < -0.3 is 19.5 Å². The average molecular weight is 504 g/mol. The molecule has 0 amide bonds. The number of halogens is 3. The number of benzene rings is 1. The van der Waals surface area contributed by atoms with Crippen molar-refractivity contribution >= 4 is 26.8 Å². The minimum absolute atomic E-state index is 0.128. The van der Waals surface area contributed by atoms with Gasteiger partial charge in [-0.3, -0.25) is 4.98 Å². The highest BCUT2D eigenvalue weighted by molar-refractivity contribution is 7.86. The van der Waals surface area contributed by atoms with Crippen molar-refractivity contribution in [1.29, 1.82) is 5.26 Å². The lowest BCUT2D eigenvalue weighted by atomic mass is 10.0. The molecule has 0 aliphatic carbocycles. The molecule has 1 aliphatic heterocycles. The number of fused-ring (bicyclic) bond motifs is 1. The van der Waals surface area contributed by atoms with Gasteiger partial charge in [0.15, 0.2) is 17.6 Å². The Balaban J connectivity index is 1.92. The van der Waals surface area contributed by atoms with E-state index in [0.717, 1.165) is 0 Å². The molecule has 1 aromatic carbocycles. The fourth-order valence-corrected chi connectivity index (χ4v) is 5.02. The van der Waals surface area contributed by atoms with Crippen molar-refractivity contribution in [3.05, 3.63) is 23.9 Å². The molecule has 0 bridgehead atoms. The summed E-state index contributed by atoms with van der Waals surface area (Å²) in [5, 5.41) is 24.8. The van der Waals surface area contributed by atoms with Gasteiger partial charge in [0, 0.05) is 36.8 Å². The first-order valence-electron chi connectivity index (χ1n) is 10.1. The predicted molar refractivity (Wildman–Crippen MR) is 117 cm³/mol. The summed E-state index contributed by atoms with van der Waals surface area (Å²) in [7, 11) is -1.56. The number of hydrogen-bond donors (Lipinski definition) is 2. The Bertz CT molecular complexity index is 1190. The largest absolute Gasteiger partial charge is 0.493 e. The second kappa shape index (κ2) is 9.79. The van der Waals surface area contributed by atoms with E-state index in [2.05, 4.69) is 11.1 Å². The van der Waals surface area contributed by atoms with Crippen molar-refractivity contribution < 1.29 is 36.2 Å². The molecular weight excluding hydrogens is 479 g/mol. The molecule has 1 atom stereocenters. The van der Waals surface area contributed by atoms with Crippen LogP contribution in [0.3, 0.4) is 0 Å². The van der Waals surface area contributed by atoms with E-state index in [0.29, 0.717) is 32.4 Å². The Morgan fingerprint density at radius 2 is 1.88 bits per heavy atom. The Hall–Kier alpha value is -2.86. The predicted octanol–water partition coefficient (Wildman–Crippen LogP) is 1.52. The summed E-state index contributed by atoms with van der Waals surface area (Å²) >= 11 is 0. The van der Waals surface area contributed by atoms with Crippen molar-refractivity contribution in [1.82, 2.24) is 9.29 Å². The number of methoxy groups -OCH3 is 2. The summed E-state index contributed by atoms with van der Waals surface area (Å²) in [5.74, 6) is 0.869. The van der Waals surface area contributed by atoms with Gasteiger partial charge in [-0.05, 0) is 18.9 Å². The molecule has 0 spiro atoms. The topological polar surface area (TPSA) is 142 Å². The molecule has 1 unspecified atom stereocenters. The number of hydrogen-bond acceptors (Lipinski definition) is 8. The monoisotopic (exact) mass is 503 g/mol. The number of aromatic nitrogens is 1. The molecule has 0 radical (unpaired) electrons. The first-order valence-corrected chi connectivity index (χ1v) is 11.6. The van der Waals surface area contributed by atoms with E-state index < -0.39 is 35.1 Å². The van der Waals surface area contributed by atoms with Crippen molar-refractivity contribution in [3.63, 3.8) is 0 Å². The van der Waals surface area contributed by atoms with Gasteiger partial charge in [0.1, 0.15) is 6.07 Å². The van der Waals surface area contributed by atoms with Crippen molar-refractivity contribution in [2.24, 2.45) is 5.14 Å². The van der Waals surface area contributed by atoms with Crippen molar-refractivity contribution in [3.8, 4) is 17.6 Å². The van der Waals surface area contributed by atoms with Crippen molar-refractivity contribution in [2.75, 3.05) is 38.8 Å². The Morgan fingerprint density at radius 3 is 2.38 bits per heavy atom. The van der Waals surface area contributed by atoms with E-state index in [-0.39, 0.29) is 31.5 Å². The van der Waals surface area contributed by atoms with Crippen LogP contribution in [0, 0.1) is 11.3 Å². The molecule has 186 valence electrons. The van der Waals surface area contributed by atoms with E-state index in [1.54, 1.807) is 12.1 Å². The maximum absolute atomic E-state index is 12.8. The summed E-state index contributed by atoms with van der Waals surface area (Å²) in [6, 6.07) is 4.58. The Morgan fingerprint density at radius 1 is 1.29 bits per heavy atom. The third kappa shape index (κ3) is 5.27. The van der Waals surface area contributed by atoms with Crippen molar-refractivity contribution in [2.45, 2.75) is 31.2 Å². The zero-order valence-electron chi connectivity index (χ0n) is 18.4. The number of piperidine rings is 1. The molecule has 2 heterocycles. The number of rotatable bonds is 7. The van der Waals surface area contributed by atoms with E-state index in [9.17, 15) is 32.0 Å². The molecular formula is C20H24F3N5O5S. The third-order valence-corrected chi connectivity index (χ3v) is 6.81. The molecule has 0 saturated carbocycles. The molecule has 3 rings (SSSR count). The van der Waals surface area contributed by atoms with Crippen LogP contribution in [-0.4, -0.2) is 75.0 Å². The summed E-state index contributed by atoms with van der Waals surface area (Å²) < 4.78 is 73.6. The van der Waals surface area contributed by atoms with Gasteiger partial charge in [-0.2, -0.15) is 31.2 Å². The lowest BCUT2D eigenvalue weighted by Crippen LogP contribution is -2.53. The molecule has 2 aromatic rings. The highest BCUT2D eigenvalue weighted by Gasteiger charge is 2.43. The standard InChI is InChI=1S/C20H24F3N5O5S/c1-32-16-7-14-15(8-17(16)33-2)26-10-12(9-24)19(14)27-5-3-13(4-6-27)28(34(25,30)31)11-18(29)20(21,22)23/h7-8,10,13,18,29H,3-6,11H2,1-2H3,(H2,25,30,31). The minimum Gasteiger partial charge on any atom is -0.493 e. The number of nitrogens with zero attached hydrogens (tertiary/aromatic N) is 4. The van der Waals surface area contributed by atoms with Gasteiger partial charge in [-0.25, -0.2) is 5.14 Å². The van der Waals surface area contributed by atoms with Gasteiger partial charge in [0.2, 0.25) is 0 Å². The van der Waals surface area contributed by atoms with Gasteiger partial charge in [-0.1, -0.05) is 0 Å². The van der Waals surface area contributed by atoms with Gasteiger partial charge in [-0.15, -0.1) is 0 Å². The zero-order chi connectivity index (χ0) is 25.3. The smallest absolute Gasteiger partial charge is 0.415 e. The maximum Gasteiger partial charge on any atom is 0.415 e. The molecule has 34 heavy (non-hydrogen) atoms. The Labute approximate surface area is 194 Å². The van der Waals surface area contributed by atoms with Crippen LogP contribution in [0.4, 0.5) is 18.9 Å². The lowest BCUT2D eigenvalue weighted by molar-refractivity contribution is -0.206. The average Bonchev–Trinajstić information content (AvgIpc) is 2.79. The van der Waals surface area contributed by atoms with Crippen LogP contribution >= 0.6 is 0 Å². The first-order chi connectivity index (χ1) is 15.9. The van der Waals surface area contributed by atoms with E-state index in [4.69, 9.17) is 14.6 Å². The number of aliphatic hydroxyl groups excluding tert-OH is 1. The maximum atomic E-state index is 12.8. The van der Waals surface area contributed by atoms with Crippen LogP contribution < -0.4 is 19.5 Å². The molecule has 3 N–H and O–H groups in total. The molecule has 1 aromatic heterocycles. The van der Waals surface area contributed by atoms with Gasteiger partial charge in [0.05, 0.1) is 37.5 Å². The molecule has 10 nitrogen and oxygen atoms in total. The number of nitriles is 1. The summed E-state index contributed by atoms with van der Waals surface area (Å²) in [4.78, 5) is 6.14. The second-order valence-electron chi connectivity index (χ2n) is 7.75. The Kier molecular flexibility index (Phi) is 7.41. The van der Waals surface area contributed by atoms with Crippen LogP contribution in [0.1, 0.15) is 18.4 Å². The van der Waals surface area contributed by atoms with Crippen LogP contribution in [0.25, 0.3) is 10.9 Å². The molecule has 1 saturated heterocycles. The van der Waals surface area contributed by atoms with E-state index in [1.165, 1.54) is 20.4 Å². The zero-order valence-corrected chi connectivity index (χ0v) is 19.2. The fourth-order valence-electron chi connectivity index (χ4n) is 4.04.